The summed E-state index contributed by atoms with van der Waals surface area (Å²) in [6, 6.07) is -0.831. The Morgan fingerprint density at radius 2 is 1.94 bits per heavy atom. The lowest BCUT2D eigenvalue weighted by Crippen LogP contribution is -2.46. The molecule has 0 aliphatic heterocycles. The molecule has 0 aromatic rings. The van der Waals surface area contributed by atoms with Crippen LogP contribution < -0.4 is 10.6 Å². The molecule has 3 N–H and O–H groups in total. The first-order valence-electron chi connectivity index (χ1n) is 5.90. The average Bonchev–Trinajstić information content (AvgIpc) is 2.31. The molecule has 7 nitrogen and oxygen atoms in total. The number of nitrogens with one attached hydrogen (secondary N) is 2. The highest BCUT2D eigenvalue weighted by atomic mass is 16.5. The Morgan fingerprint density at radius 3 is 2.50 bits per heavy atom. The van der Waals surface area contributed by atoms with Crippen LogP contribution in [0.3, 0.4) is 0 Å². The van der Waals surface area contributed by atoms with Crippen molar-refractivity contribution in [1.29, 1.82) is 0 Å². The average molecular weight is 260 g/mol. The van der Waals surface area contributed by atoms with Crippen molar-refractivity contribution in [2.75, 3.05) is 13.2 Å². The third-order valence-corrected chi connectivity index (χ3v) is 2.12. The zero-order valence-corrected chi connectivity index (χ0v) is 10.7. The van der Waals surface area contributed by atoms with Crippen molar-refractivity contribution in [3.63, 3.8) is 0 Å². The summed E-state index contributed by atoms with van der Waals surface area (Å²) >= 11 is 0. The number of rotatable bonds is 8. The van der Waals surface area contributed by atoms with Gasteiger partial charge in [0, 0.05) is 0 Å². The van der Waals surface area contributed by atoms with Gasteiger partial charge in [-0.25, -0.2) is 4.79 Å². The molecule has 0 bridgehead atoms. The molecule has 0 saturated carbocycles. The number of hydrogen-bond donors (Lipinski definition) is 3. The summed E-state index contributed by atoms with van der Waals surface area (Å²) in [6.45, 7) is 3.32. The van der Waals surface area contributed by atoms with E-state index in [1.165, 1.54) is 6.92 Å². The lowest BCUT2D eigenvalue weighted by Gasteiger charge is -2.13. The van der Waals surface area contributed by atoms with Crippen molar-refractivity contribution < 1.29 is 24.2 Å². The molecule has 0 aromatic carbocycles. The van der Waals surface area contributed by atoms with Crippen LogP contribution in [0.2, 0.25) is 0 Å². The van der Waals surface area contributed by atoms with Gasteiger partial charge in [0.25, 0.3) is 0 Å². The van der Waals surface area contributed by atoms with E-state index in [1.54, 1.807) is 0 Å². The zero-order chi connectivity index (χ0) is 14.0. The third kappa shape index (κ3) is 8.37. The molecule has 104 valence electrons. The van der Waals surface area contributed by atoms with Crippen molar-refractivity contribution in [2.45, 2.75) is 39.2 Å². The monoisotopic (exact) mass is 260 g/mol. The van der Waals surface area contributed by atoms with Gasteiger partial charge in [0.05, 0.1) is 6.61 Å². The molecule has 0 rings (SSSR count). The van der Waals surface area contributed by atoms with Crippen LogP contribution in [0.4, 0.5) is 4.79 Å². The van der Waals surface area contributed by atoms with Crippen molar-refractivity contribution in [2.24, 2.45) is 0 Å². The Kier molecular flexibility index (Phi) is 8.34. The van der Waals surface area contributed by atoms with Gasteiger partial charge < -0.3 is 20.5 Å². The van der Waals surface area contributed by atoms with Crippen LogP contribution in [-0.2, 0) is 14.3 Å². The van der Waals surface area contributed by atoms with Gasteiger partial charge in [-0.2, -0.15) is 0 Å². The van der Waals surface area contributed by atoms with E-state index < -0.39 is 30.6 Å². The quantitative estimate of drug-likeness (QED) is 0.551. The second-order valence-corrected chi connectivity index (χ2v) is 3.82. The van der Waals surface area contributed by atoms with Gasteiger partial charge in [-0.05, 0) is 13.3 Å². The molecule has 0 fully saturated rings. The van der Waals surface area contributed by atoms with E-state index >= 15 is 0 Å². The normalized spacial score (nSPS) is 11.4. The molecule has 0 saturated heterocycles. The second kappa shape index (κ2) is 9.26. The Labute approximate surface area is 106 Å². The number of carbonyl (C=O) groups is 3. The number of carbonyl (C=O) groups excluding carboxylic acids is 2. The molecule has 0 aliphatic carbocycles. The fourth-order valence-electron chi connectivity index (χ4n) is 1.12. The van der Waals surface area contributed by atoms with E-state index in [0.29, 0.717) is 6.61 Å². The molecule has 0 heterocycles. The van der Waals surface area contributed by atoms with Gasteiger partial charge in [-0.3, -0.25) is 9.59 Å². The highest BCUT2D eigenvalue weighted by Crippen LogP contribution is 1.94. The highest BCUT2D eigenvalue weighted by molar-refractivity contribution is 5.87. The van der Waals surface area contributed by atoms with Crippen LogP contribution in [0.15, 0.2) is 0 Å². The van der Waals surface area contributed by atoms with E-state index in [4.69, 9.17) is 9.84 Å². The predicted molar refractivity (Wildman–Crippen MR) is 64.1 cm³/mol. The number of amides is 2. The number of aliphatic carboxylic acids is 1. The first-order valence-corrected chi connectivity index (χ1v) is 5.90. The molecular weight excluding hydrogens is 240 g/mol. The van der Waals surface area contributed by atoms with Gasteiger partial charge in [-0.1, -0.05) is 19.8 Å². The SMILES string of the molecule is CCCCCOC(=O)N[C@@H](C)C(=O)NCC(=O)O. The molecule has 0 spiro atoms. The van der Waals surface area contributed by atoms with E-state index in [1.807, 2.05) is 6.92 Å². The van der Waals surface area contributed by atoms with Crippen LogP contribution in [0.1, 0.15) is 33.1 Å². The van der Waals surface area contributed by atoms with E-state index in [0.717, 1.165) is 19.3 Å². The molecule has 0 radical (unpaired) electrons. The van der Waals surface area contributed by atoms with Crippen LogP contribution in [0, 0.1) is 0 Å². The Bertz CT molecular complexity index is 293. The molecule has 1 atom stereocenters. The summed E-state index contributed by atoms with van der Waals surface area (Å²) < 4.78 is 4.84. The van der Waals surface area contributed by atoms with Gasteiger partial charge >= 0.3 is 12.1 Å². The number of unbranched alkanes of at least 4 members (excludes halogenated alkanes) is 2. The summed E-state index contributed by atoms with van der Waals surface area (Å²) in [5.41, 5.74) is 0. The van der Waals surface area contributed by atoms with Gasteiger partial charge in [-0.15, -0.1) is 0 Å². The van der Waals surface area contributed by atoms with Crippen LogP contribution in [-0.4, -0.2) is 42.3 Å². The summed E-state index contributed by atoms with van der Waals surface area (Å²) in [5, 5.41) is 12.8. The molecule has 0 aromatic heterocycles. The maximum atomic E-state index is 11.3. The standard InChI is InChI=1S/C11H20N2O5/c1-3-4-5-6-18-11(17)13-8(2)10(16)12-7-9(14)15/h8H,3-7H2,1-2H3,(H,12,16)(H,13,17)(H,14,15)/t8-/m0/s1. The van der Waals surface area contributed by atoms with E-state index in [2.05, 4.69) is 10.6 Å². The van der Waals surface area contributed by atoms with Crippen LogP contribution in [0.25, 0.3) is 0 Å². The Balaban J connectivity index is 3.77. The molecule has 0 aliphatic rings. The molecule has 0 unspecified atom stereocenters. The number of hydrogen-bond acceptors (Lipinski definition) is 4. The van der Waals surface area contributed by atoms with Gasteiger partial charge in [0.15, 0.2) is 0 Å². The van der Waals surface area contributed by atoms with Crippen molar-refractivity contribution in [3.05, 3.63) is 0 Å². The fourth-order valence-corrected chi connectivity index (χ4v) is 1.12. The summed E-state index contributed by atoms with van der Waals surface area (Å²) in [7, 11) is 0. The Hall–Kier alpha value is -1.79. The third-order valence-electron chi connectivity index (χ3n) is 2.12. The zero-order valence-electron chi connectivity index (χ0n) is 10.7. The smallest absolute Gasteiger partial charge is 0.407 e. The van der Waals surface area contributed by atoms with E-state index in [9.17, 15) is 14.4 Å². The number of ether oxygens (including phenoxy) is 1. The predicted octanol–water partition coefficient (Wildman–Crippen LogP) is 0.492. The van der Waals surface area contributed by atoms with Crippen LogP contribution in [0.5, 0.6) is 0 Å². The molecule has 2 amide bonds. The van der Waals surface area contributed by atoms with E-state index in [-0.39, 0.29) is 0 Å². The Morgan fingerprint density at radius 1 is 1.28 bits per heavy atom. The maximum Gasteiger partial charge on any atom is 0.407 e. The second-order valence-electron chi connectivity index (χ2n) is 3.82. The van der Waals surface area contributed by atoms with Crippen molar-refractivity contribution in [3.8, 4) is 0 Å². The summed E-state index contributed by atoms with van der Waals surface area (Å²) in [5.74, 6) is -1.71. The van der Waals surface area contributed by atoms with Gasteiger partial charge in [0.1, 0.15) is 12.6 Å². The molecular formula is C11H20N2O5. The maximum absolute atomic E-state index is 11.3. The number of carboxylic acid groups (broad SMARTS) is 1. The van der Waals surface area contributed by atoms with Gasteiger partial charge in [0.2, 0.25) is 5.91 Å². The summed E-state index contributed by atoms with van der Waals surface area (Å²) in [4.78, 5) is 32.8. The molecule has 18 heavy (non-hydrogen) atoms. The number of carboxylic acids is 1. The lowest BCUT2D eigenvalue weighted by molar-refractivity contribution is -0.138. The summed E-state index contributed by atoms with van der Waals surface area (Å²) in [6.07, 6.45) is 2.11. The first kappa shape index (κ1) is 16.2. The minimum absolute atomic E-state index is 0.309. The fraction of sp³-hybridized carbons (Fsp3) is 0.727. The number of alkyl carbamates (subject to hydrolysis) is 1. The molecule has 7 heteroatoms. The minimum atomic E-state index is -1.14. The van der Waals surface area contributed by atoms with Crippen molar-refractivity contribution >= 4 is 18.0 Å². The largest absolute Gasteiger partial charge is 0.480 e. The first-order chi connectivity index (χ1) is 8.47. The highest BCUT2D eigenvalue weighted by Gasteiger charge is 2.16. The van der Waals surface area contributed by atoms with Crippen molar-refractivity contribution in [1.82, 2.24) is 10.6 Å². The lowest BCUT2D eigenvalue weighted by atomic mass is 10.3. The minimum Gasteiger partial charge on any atom is -0.480 e. The topological polar surface area (TPSA) is 105 Å². The van der Waals surface area contributed by atoms with Crippen LogP contribution >= 0.6 is 0 Å².